The molecule has 0 radical (unpaired) electrons. The van der Waals surface area contributed by atoms with E-state index in [2.05, 4.69) is 43.5 Å². The molecular formula is C29H32N2O2. The van der Waals surface area contributed by atoms with E-state index in [1.165, 1.54) is 5.56 Å². The molecule has 0 spiro atoms. The smallest absolute Gasteiger partial charge is 0.255 e. The number of aryl methyl sites for hydroxylation is 2. The summed E-state index contributed by atoms with van der Waals surface area (Å²) in [6.07, 6.45) is 3.54. The average molecular weight is 441 g/mol. The molecule has 0 bridgehead atoms. The number of amides is 1. The van der Waals surface area contributed by atoms with Crippen LogP contribution in [0.15, 0.2) is 60.7 Å². The fourth-order valence-corrected chi connectivity index (χ4v) is 4.21. The van der Waals surface area contributed by atoms with E-state index in [1.54, 1.807) is 0 Å². The first-order valence-corrected chi connectivity index (χ1v) is 11.7. The fourth-order valence-electron chi connectivity index (χ4n) is 4.21. The fraction of sp³-hybridized carbons (Fsp3) is 0.310. The number of hydrogen-bond donors (Lipinski definition) is 2. The predicted molar refractivity (Wildman–Crippen MR) is 136 cm³/mol. The molecule has 1 aliphatic rings. The molecule has 4 nitrogen and oxygen atoms in total. The lowest BCUT2D eigenvalue weighted by molar-refractivity contribution is 0.0980. The summed E-state index contributed by atoms with van der Waals surface area (Å²) in [5.74, 6) is 0.0936. The highest BCUT2D eigenvalue weighted by Gasteiger charge is 2.17. The van der Waals surface area contributed by atoms with Crippen LogP contribution in [-0.4, -0.2) is 11.7 Å². The molecule has 0 saturated carbocycles. The summed E-state index contributed by atoms with van der Waals surface area (Å²) in [4.78, 5) is 25.3. The van der Waals surface area contributed by atoms with E-state index in [1.807, 2.05) is 55.5 Å². The van der Waals surface area contributed by atoms with Gasteiger partial charge in [0.2, 0.25) is 0 Å². The third-order valence-corrected chi connectivity index (χ3v) is 6.27. The van der Waals surface area contributed by atoms with Gasteiger partial charge >= 0.3 is 0 Å². The first-order valence-electron chi connectivity index (χ1n) is 11.7. The van der Waals surface area contributed by atoms with Crippen molar-refractivity contribution in [2.75, 3.05) is 10.6 Å². The Kier molecular flexibility index (Phi) is 6.37. The van der Waals surface area contributed by atoms with Crippen LogP contribution in [0, 0.1) is 6.92 Å². The highest BCUT2D eigenvalue weighted by atomic mass is 16.1. The van der Waals surface area contributed by atoms with Gasteiger partial charge < -0.3 is 10.6 Å². The Balaban J connectivity index is 1.54. The number of hydrogen-bond acceptors (Lipinski definition) is 3. The van der Waals surface area contributed by atoms with Gasteiger partial charge in [0.15, 0.2) is 5.78 Å². The molecule has 4 rings (SSSR count). The van der Waals surface area contributed by atoms with Crippen LogP contribution in [-0.2, 0) is 11.8 Å². The van der Waals surface area contributed by atoms with E-state index >= 15 is 0 Å². The average Bonchev–Trinajstić information content (AvgIpc) is 2.96. The Morgan fingerprint density at radius 3 is 2.45 bits per heavy atom. The van der Waals surface area contributed by atoms with Crippen LogP contribution in [0.1, 0.15) is 77.4 Å². The Morgan fingerprint density at radius 2 is 1.67 bits per heavy atom. The lowest BCUT2D eigenvalue weighted by atomic mass is 9.87. The summed E-state index contributed by atoms with van der Waals surface area (Å²) >= 11 is 0. The predicted octanol–water partition coefficient (Wildman–Crippen LogP) is 7.20. The molecule has 170 valence electrons. The SMILES string of the molecule is Cc1ccc(C(=O)Nc2cccc(C(C)(C)C)c2)cc1Nc1ccc2c(c1)CCCCC2=O. The first kappa shape index (κ1) is 22.8. The lowest BCUT2D eigenvalue weighted by Gasteiger charge is -2.20. The number of carbonyl (C=O) groups excluding carboxylic acids is 2. The van der Waals surface area contributed by atoms with E-state index in [-0.39, 0.29) is 17.1 Å². The van der Waals surface area contributed by atoms with Gasteiger partial charge in [0.1, 0.15) is 0 Å². The molecule has 2 N–H and O–H groups in total. The van der Waals surface area contributed by atoms with Gasteiger partial charge in [-0.15, -0.1) is 0 Å². The number of carbonyl (C=O) groups is 2. The Labute approximate surface area is 196 Å². The van der Waals surface area contributed by atoms with Crippen LogP contribution in [0.3, 0.4) is 0 Å². The van der Waals surface area contributed by atoms with Crippen molar-refractivity contribution in [1.29, 1.82) is 0 Å². The quantitative estimate of drug-likeness (QED) is 0.422. The summed E-state index contributed by atoms with van der Waals surface area (Å²) in [5, 5.41) is 6.48. The van der Waals surface area contributed by atoms with Crippen LogP contribution in [0.5, 0.6) is 0 Å². The van der Waals surface area contributed by atoms with Gasteiger partial charge in [-0.05, 0) is 90.8 Å². The van der Waals surface area contributed by atoms with Crippen molar-refractivity contribution in [1.82, 2.24) is 0 Å². The van der Waals surface area contributed by atoms with Crippen molar-refractivity contribution in [2.24, 2.45) is 0 Å². The molecule has 0 atom stereocenters. The van der Waals surface area contributed by atoms with Gasteiger partial charge in [-0.2, -0.15) is 0 Å². The van der Waals surface area contributed by atoms with Crippen molar-refractivity contribution in [2.45, 2.75) is 58.8 Å². The van der Waals surface area contributed by atoms with E-state index in [0.29, 0.717) is 12.0 Å². The Hall–Kier alpha value is -3.40. The minimum Gasteiger partial charge on any atom is -0.355 e. The van der Waals surface area contributed by atoms with Crippen LogP contribution >= 0.6 is 0 Å². The molecule has 3 aromatic carbocycles. The number of anilines is 3. The topological polar surface area (TPSA) is 58.2 Å². The number of Topliss-reactive ketones (excluding diaryl/α,β-unsaturated/α-hetero) is 1. The lowest BCUT2D eigenvalue weighted by Crippen LogP contribution is -2.15. The van der Waals surface area contributed by atoms with Crippen LogP contribution in [0.25, 0.3) is 0 Å². The van der Waals surface area contributed by atoms with E-state index in [0.717, 1.165) is 53.0 Å². The largest absolute Gasteiger partial charge is 0.355 e. The normalized spacial score (nSPS) is 13.8. The zero-order chi connectivity index (χ0) is 23.6. The van der Waals surface area contributed by atoms with Crippen LogP contribution in [0.2, 0.25) is 0 Å². The Bertz CT molecular complexity index is 1200. The molecule has 33 heavy (non-hydrogen) atoms. The van der Waals surface area contributed by atoms with Gasteiger partial charge in [-0.25, -0.2) is 0 Å². The second-order valence-corrected chi connectivity index (χ2v) is 9.94. The van der Waals surface area contributed by atoms with Gasteiger partial charge in [0, 0.05) is 34.6 Å². The van der Waals surface area contributed by atoms with Crippen molar-refractivity contribution >= 4 is 28.8 Å². The molecule has 0 aliphatic heterocycles. The van der Waals surface area contributed by atoms with E-state index in [4.69, 9.17) is 0 Å². The van der Waals surface area contributed by atoms with Crippen LogP contribution < -0.4 is 10.6 Å². The van der Waals surface area contributed by atoms with Gasteiger partial charge in [-0.1, -0.05) is 39.0 Å². The van der Waals surface area contributed by atoms with E-state index in [9.17, 15) is 9.59 Å². The second-order valence-electron chi connectivity index (χ2n) is 9.94. The molecule has 0 heterocycles. The van der Waals surface area contributed by atoms with Crippen LogP contribution in [0.4, 0.5) is 17.1 Å². The first-order chi connectivity index (χ1) is 15.7. The minimum absolute atomic E-state index is 0.0141. The summed E-state index contributed by atoms with van der Waals surface area (Å²) in [5.41, 5.74) is 7.38. The van der Waals surface area contributed by atoms with E-state index < -0.39 is 0 Å². The van der Waals surface area contributed by atoms with Gasteiger partial charge in [0.25, 0.3) is 5.91 Å². The Morgan fingerprint density at radius 1 is 0.879 bits per heavy atom. The number of nitrogens with one attached hydrogen (secondary N) is 2. The highest BCUT2D eigenvalue weighted by molar-refractivity contribution is 6.05. The van der Waals surface area contributed by atoms with Gasteiger partial charge in [-0.3, -0.25) is 9.59 Å². The molecule has 0 unspecified atom stereocenters. The molecule has 1 aliphatic carbocycles. The molecule has 0 aromatic heterocycles. The number of fused-ring (bicyclic) bond motifs is 1. The molecule has 0 saturated heterocycles. The zero-order valence-corrected chi connectivity index (χ0v) is 19.9. The maximum absolute atomic E-state index is 13.0. The molecule has 0 fully saturated rings. The maximum Gasteiger partial charge on any atom is 0.255 e. The highest BCUT2D eigenvalue weighted by Crippen LogP contribution is 2.28. The molecule has 1 amide bonds. The second kappa shape index (κ2) is 9.22. The monoisotopic (exact) mass is 440 g/mol. The maximum atomic E-state index is 13.0. The van der Waals surface area contributed by atoms with Gasteiger partial charge in [0.05, 0.1) is 0 Å². The third kappa shape index (κ3) is 5.33. The third-order valence-electron chi connectivity index (χ3n) is 6.27. The summed E-state index contributed by atoms with van der Waals surface area (Å²) in [7, 11) is 0. The van der Waals surface area contributed by atoms with Crippen molar-refractivity contribution < 1.29 is 9.59 Å². The number of rotatable bonds is 4. The molecule has 3 aromatic rings. The molecular weight excluding hydrogens is 408 g/mol. The zero-order valence-electron chi connectivity index (χ0n) is 19.9. The standard InChI is InChI=1S/C29H32N2O2/c1-19-12-13-21(28(33)31-23-10-7-9-22(18-23)29(2,3)4)17-26(19)30-24-14-15-25-20(16-24)8-5-6-11-27(25)32/h7,9-10,12-18,30H,5-6,8,11H2,1-4H3,(H,31,33). The summed E-state index contributed by atoms with van der Waals surface area (Å²) < 4.78 is 0. The van der Waals surface area contributed by atoms with Crippen molar-refractivity contribution in [3.05, 3.63) is 88.5 Å². The summed E-state index contributed by atoms with van der Waals surface area (Å²) in [6.45, 7) is 8.49. The van der Waals surface area contributed by atoms with Crippen molar-refractivity contribution in [3.8, 4) is 0 Å². The number of benzene rings is 3. The minimum atomic E-state index is -0.142. The summed E-state index contributed by atoms with van der Waals surface area (Å²) in [6, 6.07) is 19.6. The number of ketones is 1. The molecule has 4 heteroatoms. The van der Waals surface area contributed by atoms with Crippen molar-refractivity contribution in [3.63, 3.8) is 0 Å².